The van der Waals surface area contributed by atoms with Gasteiger partial charge in [-0.15, -0.1) is 0 Å². The highest BCUT2D eigenvalue weighted by Gasteiger charge is 2.33. The number of hydrogen-bond donors (Lipinski definition) is 2. The van der Waals surface area contributed by atoms with Gasteiger partial charge in [0, 0.05) is 11.4 Å². The molecule has 1 aromatic carbocycles. The average molecular weight is 409 g/mol. The van der Waals surface area contributed by atoms with Crippen molar-refractivity contribution in [3.8, 4) is 6.07 Å². The highest BCUT2D eigenvalue weighted by molar-refractivity contribution is 7.99. The summed E-state index contributed by atoms with van der Waals surface area (Å²) >= 11 is 1.29. The fraction of sp³-hybridized carbons (Fsp3) is 0.455. The van der Waals surface area contributed by atoms with Gasteiger partial charge in [-0.25, -0.2) is 4.98 Å². The number of thioether (sulfide) groups is 1. The number of fused-ring (bicyclic) bond motifs is 1. The van der Waals surface area contributed by atoms with Gasteiger partial charge in [0.1, 0.15) is 5.54 Å². The van der Waals surface area contributed by atoms with Crippen LogP contribution in [-0.2, 0) is 4.79 Å². The topological polar surface area (TPSA) is 94.9 Å². The fourth-order valence-corrected chi connectivity index (χ4v) is 4.48. The average Bonchev–Trinajstić information content (AvgIpc) is 3.56. The summed E-state index contributed by atoms with van der Waals surface area (Å²) in [4.78, 5) is 29.8. The summed E-state index contributed by atoms with van der Waals surface area (Å²) in [6.07, 6.45) is 6.51. The number of amides is 2. The Kier molecular flexibility index (Phi) is 5.72. The second-order valence-electron chi connectivity index (χ2n) is 7.86. The van der Waals surface area contributed by atoms with E-state index in [9.17, 15) is 14.9 Å². The Morgan fingerprint density at radius 1 is 1.21 bits per heavy atom. The normalized spacial score (nSPS) is 18.0. The number of carbonyl (C=O) groups excluding carboxylic acids is 2. The summed E-state index contributed by atoms with van der Waals surface area (Å²) in [6, 6.07) is 11.9. The zero-order chi connectivity index (χ0) is 20.3. The zero-order valence-electron chi connectivity index (χ0n) is 16.2. The summed E-state index contributed by atoms with van der Waals surface area (Å²) in [5.41, 5.74) is 0.591. The second kappa shape index (κ2) is 8.42. The lowest BCUT2D eigenvalue weighted by atomic mass is 9.83. The van der Waals surface area contributed by atoms with E-state index >= 15 is 0 Å². The predicted molar refractivity (Wildman–Crippen MR) is 113 cm³/mol. The third kappa shape index (κ3) is 4.70. The van der Waals surface area contributed by atoms with E-state index in [0.717, 1.165) is 43.0 Å². The summed E-state index contributed by atoms with van der Waals surface area (Å²) < 4.78 is 0. The number of benzene rings is 1. The first-order chi connectivity index (χ1) is 14.1. The molecule has 2 saturated carbocycles. The quantitative estimate of drug-likeness (QED) is 0.713. The minimum absolute atomic E-state index is 0.0944. The maximum absolute atomic E-state index is 12.7. The summed E-state index contributed by atoms with van der Waals surface area (Å²) in [6.45, 7) is 0. The SMILES string of the molecule is N#CC1(NC(=O)CSc2cc(C(=O)NC3CC3)c3ccccc3n2)CCCCC1. The van der Waals surface area contributed by atoms with Gasteiger partial charge in [-0.05, 0) is 37.8 Å². The molecular weight excluding hydrogens is 384 g/mol. The molecule has 2 aliphatic carbocycles. The van der Waals surface area contributed by atoms with Crippen LogP contribution in [0.25, 0.3) is 10.9 Å². The number of carbonyl (C=O) groups is 2. The van der Waals surface area contributed by atoms with Crippen molar-refractivity contribution in [1.29, 1.82) is 5.26 Å². The van der Waals surface area contributed by atoms with E-state index in [4.69, 9.17) is 0 Å². The first kappa shape index (κ1) is 19.7. The molecule has 0 spiro atoms. The maximum atomic E-state index is 12.7. The number of pyridine rings is 1. The molecule has 2 fully saturated rings. The van der Waals surface area contributed by atoms with Crippen molar-refractivity contribution in [2.75, 3.05) is 5.75 Å². The number of aromatic nitrogens is 1. The molecule has 2 N–H and O–H groups in total. The Labute approximate surface area is 174 Å². The minimum Gasteiger partial charge on any atom is -0.349 e. The van der Waals surface area contributed by atoms with Crippen molar-refractivity contribution in [2.45, 2.75) is 61.6 Å². The molecule has 29 heavy (non-hydrogen) atoms. The molecule has 2 aromatic rings. The molecule has 2 aliphatic rings. The van der Waals surface area contributed by atoms with Gasteiger partial charge in [-0.1, -0.05) is 49.2 Å². The molecule has 0 saturated heterocycles. The Bertz CT molecular complexity index is 974. The van der Waals surface area contributed by atoms with Crippen LogP contribution in [-0.4, -0.2) is 34.1 Å². The fourth-order valence-electron chi connectivity index (χ4n) is 3.77. The van der Waals surface area contributed by atoms with E-state index < -0.39 is 5.54 Å². The lowest BCUT2D eigenvalue weighted by Gasteiger charge is -2.31. The second-order valence-corrected chi connectivity index (χ2v) is 8.86. The molecule has 0 aliphatic heterocycles. The third-order valence-corrected chi connectivity index (χ3v) is 6.41. The van der Waals surface area contributed by atoms with Crippen LogP contribution in [0.1, 0.15) is 55.3 Å². The highest BCUT2D eigenvalue weighted by Crippen LogP contribution is 2.29. The van der Waals surface area contributed by atoms with Crippen molar-refractivity contribution in [3.05, 3.63) is 35.9 Å². The van der Waals surface area contributed by atoms with E-state index in [1.165, 1.54) is 11.8 Å². The van der Waals surface area contributed by atoms with Crippen LogP contribution in [0.15, 0.2) is 35.4 Å². The lowest BCUT2D eigenvalue weighted by molar-refractivity contribution is -0.120. The minimum atomic E-state index is -0.734. The first-order valence-electron chi connectivity index (χ1n) is 10.1. The van der Waals surface area contributed by atoms with E-state index in [1.54, 1.807) is 6.07 Å². The number of rotatable bonds is 6. The first-order valence-corrected chi connectivity index (χ1v) is 11.1. The molecule has 0 bridgehead atoms. The standard InChI is InChI=1S/C22H24N4O2S/c23-14-22(10-4-1-5-11-22)26-19(27)13-29-20-12-17(21(28)24-15-8-9-15)16-6-2-3-7-18(16)25-20/h2-3,6-7,12,15H,1,4-5,8-11,13H2,(H,24,28)(H,26,27). The van der Waals surface area contributed by atoms with Gasteiger partial charge < -0.3 is 10.6 Å². The number of nitrogens with one attached hydrogen (secondary N) is 2. The Morgan fingerprint density at radius 2 is 1.97 bits per heavy atom. The molecule has 0 atom stereocenters. The van der Waals surface area contributed by atoms with Crippen LogP contribution in [0.5, 0.6) is 0 Å². The van der Waals surface area contributed by atoms with Gasteiger partial charge in [0.2, 0.25) is 5.91 Å². The monoisotopic (exact) mass is 408 g/mol. The van der Waals surface area contributed by atoms with Crippen molar-refractivity contribution in [1.82, 2.24) is 15.6 Å². The Hall–Kier alpha value is -2.59. The molecule has 4 rings (SSSR count). The smallest absolute Gasteiger partial charge is 0.252 e. The molecule has 7 heteroatoms. The number of para-hydroxylation sites is 1. The van der Waals surface area contributed by atoms with Crippen molar-refractivity contribution in [3.63, 3.8) is 0 Å². The maximum Gasteiger partial charge on any atom is 0.252 e. The van der Waals surface area contributed by atoms with Gasteiger partial charge in [0.25, 0.3) is 5.91 Å². The molecule has 1 aromatic heterocycles. The van der Waals surface area contributed by atoms with Gasteiger partial charge in [-0.3, -0.25) is 9.59 Å². The highest BCUT2D eigenvalue weighted by atomic mass is 32.2. The molecule has 150 valence electrons. The van der Waals surface area contributed by atoms with E-state index in [1.807, 2.05) is 24.3 Å². The molecule has 1 heterocycles. The summed E-state index contributed by atoms with van der Waals surface area (Å²) in [5.74, 6) is -0.0984. The van der Waals surface area contributed by atoms with Crippen LogP contribution in [0.2, 0.25) is 0 Å². The van der Waals surface area contributed by atoms with Gasteiger partial charge in [0.15, 0.2) is 0 Å². The van der Waals surface area contributed by atoms with Crippen molar-refractivity contribution < 1.29 is 9.59 Å². The molecule has 2 amide bonds. The molecule has 0 unspecified atom stereocenters. The predicted octanol–water partition coefficient (Wildman–Crippen LogP) is 3.56. The summed E-state index contributed by atoms with van der Waals surface area (Å²) in [5, 5.41) is 16.9. The van der Waals surface area contributed by atoms with Crippen LogP contribution in [0.4, 0.5) is 0 Å². The molecule has 0 radical (unpaired) electrons. The van der Waals surface area contributed by atoms with Crippen molar-refractivity contribution in [2.24, 2.45) is 0 Å². The van der Waals surface area contributed by atoms with E-state index in [0.29, 0.717) is 23.4 Å². The molecule has 6 nitrogen and oxygen atoms in total. The van der Waals surface area contributed by atoms with E-state index in [2.05, 4.69) is 21.7 Å². The Balaban J connectivity index is 1.48. The lowest BCUT2D eigenvalue weighted by Crippen LogP contribution is -2.49. The van der Waals surface area contributed by atoms with Gasteiger partial charge in [0.05, 0.1) is 27.9 Å². The number of nitriles is 1. The van der Waals surface area contributed by atoms with Crippen molar-refractivity contribution >= 4 is 34.5 Å². The molecular formula is C22H24N4O2S. The van der Waals surface area contributed by atoms with Crippen LogP contribution >= 0.6 is 11.8 Å². The van der Waals surface area contributed by atoms with Crippen LogP contribution in [0.3, 0.4) is 0 Å². The largest absolute Gasteiger partial charge is 0.349 e. The van der Waals surface area contributed by atoms with E-state index in [-0.39, 0.29) is 23.6 Å². The van der Waals surface area contributed by atoms with Gasteiger partial charge in [-0.2, -0.15) is 5.26 Å². The number of nitrogens with zero attached hydrogens (tertiary/aromatic N) is 2. The van der Waals surface area contributed by atoms with Crippen LogP contribution < -0.4 is 10.6 Å². The Morgan fingerprint density at radius 3 is 2.69 bits per heavy atom. The number of hydrogen-bond acceptors (Lipinski definition) is 5. The zero-order valence-corrected chi connectivity index (χ0v) is 17.1. The van der Waals surface area contributed by atoms with Gasteiger partial charge >= 0.3 is 0 Å². The van der Waals surface area contributed by atoms with Crippen LogP contribution in [0, 0.1) is 11.3 Å². The summed E-state index contributed by atoms with van der Waals surface area (Å²) in [7, 11) is 0. The third-order valence-electron chi connectivity index (χ3n) is 5.50.